The third-order valence-electron chi connectivity index (χ3n) is 5.66. The van der Waals surface area contributed by atoms with Gasteiger partial charge in [-0.15, -0.1) is 5.10 Å². The Hall–Kier alpha value is -3.50. The fraction of sp³-hybridized carbons (Fsp3) is 0.542. The van der Waals surface area contributed by atoms with E-state index in [2.05, 4.69) is 26.3 Å². The monoisotopic (exact) mass is 488 g/mol. The number of hydrogen-bond acceptors (Lipinski definition) is 6. The second-order valence-electron chi connectivity index (χ2n) is 8.35. The van der Waals surface area contributed by atoms with Gasteiger partial charge in [0.25, 0.3) is 11.8 Å². The van der Waals surface area contributed by atoms with E-state index in [1.54, 1.807) is 18.2 Å². The summed E-state index contributed by atoms with van der Waals surface area (Å²) in [5, 5.41) is 16.3. The number of aromatic nitrogens is 3. The van der Waals surface area contributed by atoms with Crippen LogP contribution in [0.4, 0.5) is 4.39 Å². The van der Waals surface area contributed by atoms with Gasteiger partial charge in [-0.05, 0) is 63.6 Å². The first kappa shape index (κ1) is 26.1. The van der Waals surface area contributed by atoms with Crippen molar-refractivity contribution in [2.24, 2.45) is 0 Å². The van der Waals surface area contributed by atoms with E-state index < -0.39 is 11.9 Å². The van der Waals surface area contributed by atoms with E-state index >= 15 is 0 Å². The summed E-state index contributed by atoms with van der Waals surface area (Å²) in [5.74, 6) is -0.509. The number of rotatable bonds is 12. The quantitative estimate of drug-likeness (QED) is 0.394. The summed E-state index contributed by atoms with van der Waals surface area (Å²) in [4.78, 5) is 37.1. The first-order chi connectivity index (χ1) is 17.0. The molecule has 1 unspecified atom stereocenters. The summed E-state index contributed by atoms with van der Waals surface area (Å²) in [6.07, 6.45) is 6.62. The molecule has 0 aliphatic carbocycles. The molecule has 1 atom stereocenters. The number of alkyl halides is 1. The van der Waals surface area contributed by atoms with Crippen LogP contribution in [0.5, 0.6) is 5.75 Å². The Morgan fingerprint density at radius 2 is 2.03 bits per heavy atom. The molecule has 1 aromatic carbocycles. The van der Waals surface area contributed by atoms with Crippen molar-refractivity contribution >= 4 is 17.7 Å². The Labute approximate surface area is 204 Å². The zero-order chi connectivity index (χ0) is 25.0. The predicted molar refractivity (Wildman–Crippen MR) is 127 cm³/mol. The number of ether oxygens (including phenoxy) is 1. The average Bonchev–Trinajstić information content (AvgIpc) is 3.26. The fourth-order valence-electron chi connectivity index (χ4n) is 3.75. The molecule has 0 radical (unpaired) electrons. The van der Waals surface area contributed by atoms with Crippen molar-refractivity contribution in [3.8, 4) is 11.4 Å². The summed E-state index contributed by atoms with van der Waals surface area (Å²) >= 11 is 0. The molecular formula is C24H33FN6O4. The van der Waals surface area contributed by atoms with E-state index in [1.165, 1.54) is 10.9 Å². The molecule has 3 N–H and O–H groups in total. The lowest BCUT2D eigenvalue weighted by Crippen LogP contribution is -2.45. The molecule has 0 bridgehead atoms. The minimum Gasteiger partial charge on any atom is -0.491 e. The predicted octanol–water partition coefficient (Wildman–Crippen LogP) is 2.32. The number of benzene rings is 1. The van der Waals surface area contributed by atoms with Crippen molar-refractivity contribution in [1.82, 2.24) is 30.9 Å². The summed E-state index contributed by atoms with van der Waals surface area (Å²) in [6, 6.07) is 4.34. The van der Waals surface area contributed by atoms with E-state index in [0.29, 0.717) is 49.5 Å². The number of unbranched alkanes of at least 4 members (excludes halogenated alkanes) is 3. The van der Waals surface area contributed by atoms with E-state index in [1.807, 2.05) is 6.92 Å². The van der Waals surface area contributed by atoms with Crippen LogP contribution in [0.1, 0.15) is 72.7 Å². The van der Waals surface area contributed by atoms with Gasteiger partial charge in [-0.3, -0.25) is 18.8 Å². The van der Waals surface area contributed by atoms with Crippen molar-refractivity contribution in [3.05, 3.63) is 35.7 Å². The summed E-state index contributed by atoms with van der Waals surface area (Å²) < 4.78 is 19.6. The topological polar surface area (TPSA) is 127 Å². The highest BCUT2D eigenvalue weighted by molar-refractivity contribution is 5.96. The number of amides is 3. The third kappa shape index (κ3) is 7.49. The minimum atomic E-state index is -0.609. The SMILES string of the molecule is CCNC(=O)c1ccc(-n2cc(C(=O)NC3CCCCNC3=O)nn2)c(OCCCCCCF)c1. The highest BCUT2D eigenvalue weighted by Gasteiger charge is 2.24. The van der Waals surface area contributed by atoms with Crippen LogP contribution in [-0.2, 0) is 4.79 Å². The van der Waals surface area contributed by atoms with Gasteiger partial charge < -0.3 is 20.7 Å². The fourth-order valence-corrected chi connectivity index (χ4v) is 3.75. The first-order valence-electron chi connectivity index (χ1n) is 12.2. The lowest BCUT2D eigenvalue weighted by atomic mass is 10.1. The Morgan fingerprint density at radius 3 is 2.83 bits per heavy atom. The van der Waals surface area contributed by atoms with Gasteiger partial charge in [0.15, 0.2) is 5.69 Å². The number of carbonyl (C=O) groups is 3. The maximum Gasteiger partial charge on any atom is 0.274 e. The standard InChI is InChI=1S/C24H33FN6O4/c1-2-26-22(32)17-10-11-20(21(15-17)35-14-8-4-3-6-12-25)31-16-19(29-30-31)24(34)28-18-9-5-7-13-27-23(18)33/h10-11,15-16,18H,2-9,12-14H2,1H3,(H,26,32)(H,27,33)(H,28,34). The summed E-state index contributed by atoms with van der Waals surface area (Å²) in [5.41, 5.74) is 1.01. The van der Waals surface area contributed by atoms with E-state index in [-0.39, 0.29) is 24.2 Å². The van der Waals surface area contributed by atoms with Crippen molar-refractivity contribution in [1.29, 1.82) is 0 Å². The van der Waals surface area contributed by atoms with Gasteiger partial charge in [0.1, 0.15) is 17.5 Å². The smallest absolute Gasteiger partial charge is 0.274 e. The van der Waals surface area contributed by atoms with E-state index in [0.717, 1.165) is 32.1 Å². The molecule has 1 fully saturated rings. The van der Waals surface area contributed by atoms with E-state index in [9.17, 15) is 18.8 Å². The lowest BCUT2D eigenvalue weighted by Gasteiger charge is -2.14. The Bertz CT molecular complexity index is 1010. The van der Waals surface area contributed by atoms with Gasteiger partial charge >= 0.3 is 0 Å². The average molecular weight is 489 g/mol. The molecule has 2 heterocycles. The van der Waals surface area contributed by atoms with Crippen LogP contribution in [0.2, 0.25) is 0 Å². The molecule has 11 heteroatoms. The zero-order valence-corrected chi connectivity index (χ0v) is 20.0. The molecule has 1 aromatic heterocycles. The number of hydrogen-bond donors (Lipinski definition) is 3. The van der Waals surface area contributed by atoms with Gasteiger partial charge in [-0.1, -0.05) is 11.6 Å². The van der Waals surface area contributed by atoms with Crippen LogP contribution in [-0.4, -0.2) is 65.1 Å². The van der Waals surface area contributed by atoms with Gasteiger partial charge in [-0.2, -0.15) is 0 Å². The van der Waals surface area contributed by atoms with Crippen molar-refractivity contribution in [3.63, 3.8) is 0 Å². The van der Waals surface area contributed by atoms with Gasteiger partial charge in [-0.25, -0.2) is 4.68 Å². The first-order valence-corrected chi connectivity index (χ1v) is 12.2. The molecule has 1 aliphatic rings. The Balaban J connectivity index is 1.74. The van der Waals surface area contributed by atoms with Crippen molar-refractivity contribution in [2.45, 2.75) is 57.9 Å². The van der Waals surface area contributed by atoms with Crippen LogP contribution in [0, 0.1) is 0 Å². The molecule has 3 amide bonds. The van der Waals surface area contributed by atoms with Crippen molar-refractivity contribution in [2.75, 3.05) is 26.4 Å². The number of halogens is 1. The van der Waals surface area contributed by atoms with Crippen molar-refractivity contribution < 1.29 is 23.5 Å². The van der Waals surface area contributed by atoms with Crippen LogP contribution < -0.4 is 20.7 Å². The van der Waals surface area contributed by atoms with Gasteiger partial charge in [0, 0.05) is 18.7 Å². The molecule has 3 rings (SSSR count). The third-order valence-corrected chi connectivity index (χ3v) is 5.66. The molecule has 35 heavy (non-hydrogen) atoms. The van der Waals surface area contributed by atoms with Crippen LogP contribution >= 0.6 is 0 Å². The molecule has 10 nitrogen and oxygen atoms in total. The molecule has 2 aromatic rings. The zero-order valence-electron chi connectivity index (χ0n) is 20.0. The minimum absolute atomic E-state index is 0.0621. The highest BCUT2D eigenvalue weighted by Crippen LogP contribution is 2.25. The lowest BCUT2D eigenvalue weighted by molar-refractivity contribution is -0.122. The molecular weight excluding hydrogens is 455 g/mol. The van der Waals surface area contributed by atoms with Gasteiger partial charge in [0.05, 0.1) is 19.5 Å². The number of carbonyl (C=O) groups excluding carboxylic acids is 3. The number of nitrogens with zero attached hydrogens (tertiary/aromatic N) is 3. The second-order valence-corrected chi connectivity index (χ2v) is 8.35. The van der Waals surface area contributed by atoms with Crippen LogP contribution in [0.25, 0.3) is 5.69 Å². The summed E-state index contributed by atoms with van der Waals surface area (Å²) in [7, 11) is 0. The van der Waals surface area contributed by atoms with Crippen LogP contribution in [0.3, 0.4) is 0 Å². The normalized spacial score (nSPS) is 15.7. The molecule has 0 spiro atoms. The molecule has 1 saturated heterocycles. The molecule has 190 valence electrons. The summed E-state index contributed by atoms with van der Waals surface area (Å²) in [6.45, 7) is 2.99. The highest BCUT2D eigenvalue weighted by atomic mass is 19.1. The largest absolute Gasteiger partial charge is 0.491 e. The van der Waals surface area contributed by atoms with Crippen LogP contribution in [0.15, 0.2) is 24.4 Å². The molecule has 0 saturated carbocycles. The van der Waals surface area contributed by atoms with Gasteiger partial charge in [0.2, 0.25) is 5.91 Å². The Kier molecular flexibility index (Phi) is 10.00. The number of nitrogens with one attached hydrogen (secondary N) is 3. The molecule has 1 aliphatic heterocycles. The maximum absolute atomic E-state index is 12.7. The maximum atomic E-state index is 12.7. The Morgan fingerprint density at radius 1 is 1.20 bits per heavy atom. The second kappa shape index (κ2) is 13.4. The van der Waals surface area contributed by atoms with E-state index in [4.69, 9.17) is 4.74 Å².